The van der Waals surface area contributed by atoms with Crippen LogP contribution in [-0.2, 0) is 9.59 Å². The first kappa shape index (κ1) is 14.7. The zero-order valence-corrected chi connectivity index (χ0v) is 11.2. The Bertz CT molecular complexity index is 520. The second kappa shape index (κ2) is 6.55. The highest BCUT2D eigenvalue weighted by atomic mass is 16.2. The maximum atomic E-state index is 11.9. The number of rotatable bonds is 4. The lowest BCUT2D eigenvalue weighted by Crippen LogP contribution is -2.45. The Hall–Kier alpha value is -2.35. The van der Waals surface area contributed by atoms with E-state index in [1.54, 1.807) is 13.0 Å². The average Bonchev–Trinajstić information content (AvgIpc) is 2.35. The van der Waals surface area contributed by atoms with Gasteiger partial charge < -0.3 is 10.6 Å². The van der Waals surface area contributed by atoms with Gasteiger partial charge in [0.15, 0.2) is 0 Å². The zero-order valence-electron chi connectivity index (χ0n) is 11.2. The molecule has 0 aromatic heterocycles. The van der Waals surface area contributed by atoms with Gasteiger partial charge >= 0.3 is 0 Å². The van der Waals surface area contributed by atoms with Gasteiger partial charge in [-0.1, -0.05) is 24.3 Å². The summed E-state index contributed by atoms with van der Waals surface area (Å²) in [5, 5.41) is 14.3. The van der Waals surface area contributed by atoms with Crippen molar-refractivity contribution in [3.05, 3.63) is 35.4 Å². The normalized spacial score (nSPS) is 12.9. The van der Waals surface area contributed by atoms with Crippen molar-refractivity contribution in [2.24, 2.45) is 0 Å². The Morgan fingerprint density at radius 2 is 1.89 bits per heavy atom. The third-order valence-corrected chi connectivity index (χ3v) is 2.73. The predicted octanol–water partition coefficient (Wildman–Crippen LogP) is 1.20. The summed E-state index contributed by atoms with van der Waals surface area (Å²) in [5.74, 6) is -0.669. The number of aryl methyl sites for hydroxylation is 1. The molecule has 1 aromatic carbocycles. The summed E-state index contributed by atoms with van der Waals surface area (Å²) in [6.07, 6.45) is 0. The second-order valence-electron chi connectivity index (χ2n) is 4.35. The Labute approximate surface area is 112 Å². The lowest BCUT2D eigenvalue weighted by molar-refractivity contribution is -0.127. The van der Waals surface area contributed by atoms with Crippen LogP contribution in [0.5, 0.6) is 0 Å². The van der Waals surface area contributed by atoms with Crippen LogP contribution in [0.1, 0.15) is 31.0 Å². The monoisotopic (exact) mass is 259 g/mol. The molecule has 5 heteroatoms. The Morgan fingerprint density at radius 3 is 2.42 bits per heavy atom. The molecule has 0 saturated carbocycles. The fraction of sp³-hybridized carbons (Fsp3) is 0.357. The number of benzene rings is 1. The van der Waals surface area contributed by atoms with E-state index in [2.05, 4.69) is 16.7 Å². The van der Waals surface area contributed by atoms with Gasteiger partial charge in [-0.3, -0.25) is 9.59 Å². The van der Waals surface area contributed by atoms with E-state index in [1.807, 2.05) is 25.1 Å². The molecule has 0 aliphatic rings. The summed E-state index contributed by atoms with van der Waals surface area (Å²) in [6, 6.07) is 8.03. The highest BCUT2D eigenvalue weighted by molar-refractivity contribution is 5.86. The molecule has 0 aliphatic carbocycles. The average molecular weight is 259 g/mol. The summed E-state index contributed by atoms with van der Waals surface area (Å²) in [5.41, 5.74) is 1.69. The van der Waals surface area contributed by atoms with Crippen LogP contribution >= 0.6 is 0 Å². The number of nitriles is 1. The zero-order chi connectivity index (χ0) is 14.4. The van der Waals surface area contributed by atoms with E-state index in [4.69, 9.17) is 5.26 Å². The number of carbonyl (C=O) groups excluding carboxylic acids is 2. The van der Waals surface area contributed by atoms with Crippen LogP contribution in [0.3, 0.4) is 0 Å². The number of hydrogen-bond acceptors (Lipinski definition) is 3. The van der Waals surface area contributed by atoms with Gasteiger partial charge in [-0.25, -0.2) is 0 Å². The second-order valence-corrected chi connectivity index (χ2v) is 4.35. The molecular weight excluding hydrogens is 242 g/mol. The first-order chi connectivity index (χ1) is 8.95. The van der Waals surface area contributed by atoms with E-state index in [-0.39, 0.29) is 11.8 Å². The number of nitrogens with zero attached hydrogens (tertiary/aromatic N) is 1. The molecule has 0 heterocycles. The van der Waals surface area contributed by atoms with E-state index >= 15 is 0 Å². The molecule has 2 atom stereocenters. The van der Waals surface area contributed by atoms with Crippen LogP contribution in [0.25, 0.3) is 0 Å². The van der Waals surface area contributed by atoms with E-state index in [1.165, 1.54) is 6.92 Å². The molecule has 0 spiro atoms. The standard InChI is InChI=1S/C14H17N3O2/c1-9-6-4-5-7-12(9)13(8-15)17-14(19)10(2)16-11(3)18/h4-7,10,13H,1-3H3,(H,16,18)(H,17,19)/t10-,13+/m0/s1. The lowest BCUT2D eigenvalue weighted by atomic mass is 10.0. The summed E-state index contributed by atoms with van der Waals surface area (Å²) in [4.78, 5) is 22.7. The van der Waals surface area contributed by atoms with Gasteiger partial charge in [0.2, 0.25) is 11.8 Å². The summed E-state index contributed by atoms with van der Waals surface area (Å²) < 4.78 is 0. The molecule has 0 aliphatic heterocycles. The molecule has 0 unspecified atom stereocenters. The summed E-state index contributed by atoms with van der Waals surface area (Å²) in [7, 11) is 0. The van der Waals surface area contributed by atoms with Crippen LogP contribution in [0.4, 0.5) is 0 Å². The third kappa shape index (κ3) is 4.11. The van der Waals surface area contributed by atoms with Crippen molar-refractivity contribution in [1.29, 1.82) is 5.26 Å². The first-order valence-corrected chi connectivity index (χ1v) is 5.98. The maximum Gasteiger partial charge on any atom is 0.243 e. The summed E-state index contributed by atoms with van der Waals surface area (Å²) >= 11 is 0. The Balaban J connectivity index is 2.79. The van der Waals surface area contributed by atoms with Crippen LogP contribution in [0.2, 0.25) is 0 Å². The minimum absolute atomic E-state index is 0.285. The van der Waals surface area contributed by atoms with Crippen molar-refractivity contribution in [1.82, 2.24) is 10.6 Å². The third-order valence-electron chi connectivity index (χ3n) is 2.73. The molecular formula is C14H17N3O2. The van der Waals surface area contributed by atoms with Gasteiger partial charge in [0.25, 0.3) is 0 Å². The molecule has 0 radical (unpaired) electrons. The topological polar surface area (TPSA) is 82.0 Å². The molecule has 0 bridgehead atoms. The van der Waals surface area contributed by atoms with Crippen molar-refractivity contribution >= 4 is 11.8 Å². The smallest absolute Gasteiger partial charge is 0.243 e. The fourth-order valence-corrected chi connectivity index (χ4v) is 1.73. The number of amides is 2. The summed E-state index contributed by atoms with van der Waals surface area (Å²) in [6.45, 7) is 4.79. The quantitative estimate of drug-likeness (QED) is 0.852. The maximum absolute atomic E-state index is 11.9. The molecule has 5 nitrogen and oxygen atoms in total. The van der Waals surface area contributed by atoms with Crippen LogP contribution < -0.4 is 10.6 Å². The minimum atomic E-state index is -0.718. The lowest BCUT2D eigenvalue weighted by Gasteiger charge is -2.17. The number of carbonyl (C=O) groups is 2. The van der Waals surface area contributed by atoms with Crippen molar-refractivity contribution in [2.45, 2.75) is 32.9 Å². The van der Waals surface area contributed by atoms with E-state index in [0.29, 0.717) is 0 Å². The first-order valence-electron chi connectivity index (χ1n) is 5.98. The molecule has 2 N–H and O–H groups in total. The molecule has 1 rings (SSSR count). The van der Waals surface area contributed by atoms with E-state index in [9.17, 15) is 9.59 Å². The van der Waals surface area contributed by atoms with Crippen molar-refractivity contribution < 1.29 is 9.59 Å². The van der Waals surface area contributed by atoms with Gasteiger partial charge in [0, 0.05) is 6.92 Å². The highest BCUT2D eigenvalue weighted by Gasteiger charge is 2.20. The minimum Gasteiger partial charge on any atom is -0.345 e. The number of nitrogens with one attached hydrogen (secondary N) is 2. The van der Waals surface area contributed by atoms with Crippen molar-refractivity contribution in [3.8, 4) is 6.07 Å². The van der Waals surface area contributed by atoms with Crippen LogP contribution in [0, 0.1) is 18.3 Å². The molecule has 100 valence electrons. The molecule has 0 saturated heterocycles. The number of hydrogen-bond donors (Lipinski definition) is 2. The van der Waals surface area contributed by atoms with Crippen LogP contribution in [-0.4, -0.2) is 17.9 Å². The largest absolute Gasteiger partial charge is 0.345 e. The Morgan fingerprint density at radius 1 is 1.26 bits per heavy atom. The SMILES string of the molecule is CC(=O)N[C@@H](C)C(=O)N[C@H](C#N)c1ccccc1C. The van der Waals surface area contributed by atoms with Crippen molar-refractivity contribution in [2.75, 3.05) is 0 Å². The fourth-order valence-electron chi connectivity index (χ4n) is 1.73. The van der Waals surface area contributed by atoms with E-state index < -0.39 is 12.1 Å². The highest BCUT2D eigenvalue weighted by Crippen LogP contribution is 2.16. The van der Waals surface area contributed by atoms with Gasteiger partial charge in [0.05, 0.1) is 6.07 Å². The van der Waals surface area contributed by atoms with Gasteiger partial charge in [-0.2, -0.15) is 5.26 Å². The molecule has 19 heavy (non-hydrogen) atoms. The molecule has 2 amide bonds. The van der Waals surface area contributed by atoms with Gasteiger partial charge in [-0.05, 0) is 25.0 Å². The van der Waals surface area contributed by atoms with Gasteiger partial charge in [0.1, 0.15) is 12.1 Å². The van der Waals surface area contributed by atoms with Gasteiger partial charge in [-0.15, -0.1) is 0 Å². The van der Waals surface area contributed by atoms with E-state index in [0.717, 1.165) is 11.1 Å². The predicted molar refractivity (Wildman–Crippen MR) is 71.0 cm³/mol. The molecule has 0 fully saturated rings. The van der Waals surface area contributed by atoms with Crippen LogP contribution in [0.15, 0.2) is 24.3 Å². The van der Waals surface area contributed by atoms with Crippen molar-refractivity contribution in [3.63, 3.8) is 0 Å². The Kier molecular flexibility index (Phi) is 5.07. The molecule has 1 aromatic rings.